The van der Waals surface area contributed by atoms with E-state index in [1.54, 1.807) is 0 Å². The molecule has 1 rings (SSSR count). The number of likely N-dealkylation sites (tertiary alicyclic amines) is 1. The summed E-state index contributed by atoms with van der Waals surface area (Å²) in [5.74, 6) is -1.63. The molecule has 1 aliphatic rings. The highest BCUT2D eigenvalue weighted by atomic mass is 16.4. The monoisotopic (exact) mass is 285 g/mol. The van der Waals surface area contributed by atoms with Gasteiger partial charge in [0.05, 0.1) is 6.42 Å². The molecule has 0 aromatic heterocycles. The topological polar surface area (TPSA) is 98.7 Å². The second-order valence-corrected chi connectivity index (χ2v) is 5.74. The lowest BCUT2D eigenvalue weighted by Gasteiger charge is -2.37. The van der Waals surface area contributed by atoms with E-state index in [-0.39, 0.29) is 18.3 Å². The largest absolute Gasteiger partial charge is 0.481 e. The van der Waals surface area contributed by atoms with Crippen LogP contribution in [0.15, 0.2) is 0 Å². The first-order valence-corrected chi connectivity index (χ1v) is 6.79. The quantitative estimate of drug-likeness (QED) is 0.679. The van der Waals surface area contributed by atoms with Crippen LogP contribution in [0.2, 0.25) is 0 Å². The maximum absolute atomic E-state index is 11.5. The Morgan fingerprint density at radius 2 is 1.80 bits per heavy atom. The maximum atomic E-state index is 11.5. The Kier molecular flexibility index (Phi) is 5.94. The molecular weight excluding hydrogens is 262 g/mol. The predicted molar refractivity (Wildman–Crippen MR) is 73.2 cm³/mol. The zero-order chi connectivity index (χ0) is 15.2. The average Bonchev–Trinajstić information content (AvgIpc) is 2.38. The van der Waals surface area contributed by atoms with Gasteiger partial charge in [-0.2, -0.15) is 0 Å². The van der Waals surface area contributed by atoms with Crippen molar-refractivity contribution in [3.63, 3.8) is 0 Å². The van der Waals surface area contributed by atoms with Crippen molar-refractivity contribution in [3.05, 3.63) is 0 Å². The highest BCUT2D eigenvalue weighted by Gasteiger charge is 2.29. The lowest BCUT2D eigenvalue weighted by Crippen LogP contribution is -2.47. The number of carboxylic acid groups (broad SMARTS) is 1. The summed E-state index contributed by atoms with van der Waals surface area (Å²) in [7, 11) is 2.07. The summed E-state index contributed by atoms with van der Waals surface area (Å²) >= 11 is 0. The van der Waals surface area contributed by atoms with E-state index in [9.17, 15) is 14.4 Å². The third-order valence-corrected chi connectivity index (χ3v) is 3.69. The van der Waals surface area contributed by atoms with Gasteiger partial charge in [0, 0.05) is 13.0 Å². The van der Waals surface area contributed by atoms with Gasteiger partial charge in [-0.05, 0) is 38.4 Å². The van der Waals surface area contributed by atoms with Crippen LogP contribution in [0.1, 0.15) is 32.6 Å². The zero-order valence-electron chi connectivity index (χ0n) is 12.1. The molecule has 0 aromatic carbocycles. The van der Waals surface area contributed by atoms with Crippen LogP contribution >= 0.6 is 0 Å². The molecule has 7 heteroatoms. The molecule has 0 unspecified atom stereocenters. The Balaban J connectivity index is 2.25. The number of piperidine rings is 1. The minimum atomic E-state index is -1.06. The van der Waals surface area contributed by atoms with Gasteiger partial charge >= 0.3 is 12.0 Å². The first-order valence-electron chi connectivity index (χ1n) is 6.79. The summed E-state index contributed by atoms with van der Waals surface area (Å²) in [6.45, 7) is 4.63. The van der Waals surface area contributed by atoms with Crippen LogP contribution in [0.25, 0.3) is 0 Å². The standard InChI is InChI=1S/C13H23N3O4/c1-13(5-7-16(2)8-6-13)9-14-12(20)15-10(17)3-4-11(18)19/h3-9H2,1-2H3,(H,18,19)(H2,14,15,17,20). The van der Waals surface area contributed by atoms with Crippen LogP contribution in [0.4, 0.5) is 4.79 Å². The average molecular weight is 285 g/mol. The first-order chi connectivity index (χ1) is 9.31. The number of amides is 3. The molecule has 1 aliphatic heterocycles. The summed E-state index contributed by atoms with van der Waals surface area (Å²) < 4.78 is 0. The van der Waals surface area contributed by atoms with Gasteiger partial charge < -0.3 is 15.3 Å². The zero-order valence-corrected chi connectivity index (χ0v) is 12.1. The van der Waals surface area contributed by atoms with Crippen molar-refractivity contribution >= 4 is 17.9 Å². The Morgan fingerprint density at radius 1 is 1.20 bits per heavy atom. The van der Waals surface area contributed by atoms with Crippen LogP contribution in [0, 0.1) is 5.41 Å². The van der Waals surface area contributed by atoms with Gasteiger partial charge in [0.2, 0.25) is 5.91 Å². The van der Waals surface area contributed by atoms with Crippen molar-refractivity contribution in [1.29, 1.82) is 0 Å². The number of urea groups is 1. The van der Waals surface area contributed by atoms with Crippen molar-refractivity contribution in [2.75, 3.05) is 26.7 Å². The number of nitrogens with one attached hydrogen (secondary N) is 2. The lowest BCUT2D eigenvalue weighted by atomic mass is 9.80. The third-order valence-electron chi connectivity index (χ3n) is 3.69. The molecule has 114 valence electrons. The number of imide groups is 1. The Labute approximate surface area is 118 Å². The van der Waals surface area contributed by atoms with Crippen LogP contribution < -0.4 is 10.6 Å². The number of rotatable bonds is 5. The summed E-state index contributed by atoms with van der Waals surface area (Å²) in [5, 5.41) is 13.3. The Morgan fingerprint density at radius 3 is 2.35 bits per heavy atom. The second-order valence-electron chi connectivity index (χ2n) is 5.74. The lowest BCUT2D eigenvalue weighted by molar-refractivity contribution is -0.138. The minimum Gasteiger partial charge on any atom is -0.481 e. The van der Waals surface area contributed by atoms with Crippen LogP contribution in [0.3, 0.4) is 0 Å². The molecule has 0 atom stereocenters. The van der Waals surface area contributed by atoms with E-state index in [0.29, 0.717) is 6.54 Å². The highest BCUT2D eigenvalue weighted by Crippen LogP contribution is 2.29. The van der Waals surface area contributed by atoms with Crippen molar-refractivity contribution in [2.45, 2.75) is 32.6 Å². The molecular formula is C13H23N3O4. The van der Waals surface area contributed by atoms with Gasteiger partial charge in [-0.1, -0.05) is 6.92 Å². The number of carbonyl (C=O) groups excluding carboxylic acids is 2. The number of carbonyl (C=O) groups is 3. The molecule has 7 nitrogen and oxygen atoms in total. The van der Waals surface area contributed by atoms with E-state index in [1.165, 1.54) is 0 Å². The number of carboxylic acids is 1. The molecule has 20 heavy (non-hydrogen) atoms. The highest BCUT2D eigenvalue weighted by molar-refractivity contribution is 5.95. The van der Waals surface area contributed by atoms with E-state index in [0.717, 1.165) is 25.9 Å². The fourth-order valence-electron chi connectivity index (χ4n) is 2.08. The van der Waals surface area contributed by atoms with Crippen molar-refractivity contribution < 1.29 is 19.5 Å². The fourth-order valence-corrected chi connectivity index (χ4v) is 2.08. The normalized spacial score (nSPS) is 18.3. The van der Waals surface area contributed by atoms with Crippen molar-refractivity contribution in [1.82, 2.24) is 15.5 Å². The van der Waals surface area contributed by atoms with E-state index in [2.05, 4.69) is 29.5 Å². The third kappa shape index (κ3) is 6.01. The van der Waals surface area contributed by atoms with Gasteiger partial charge in [0.15, 0.2) is 0 Å². The Hall–Kier alpha value is -1.63. The van der Waals surface area contributed by atoms with Crippen molar-refractivity contribution in [3.8, 4) is 0 Å². The Bertz CT molecular complexity index is 376. The van der Waals surface area contributed by atoms with Gasteiger partial charge in [-0.15, -0.1) is 0 Å². The fraction of sp³-hybridized carbons (Fsp3) is 0.769. The van der Waals surface area contributed by atoms with Crippen LogP contribution in [-0.4, -0.2) is 54.6 Å². The van der Waals surface area contributed by atoms with E-state index in [1.807, 2.05) is 0 Å². The maximum Gasteiger partial charge on any atom is 0.321 e. The summed E-state index contributed by atoms with van der Waals surface area (Å²) in [6.07, 6.45) is 1.53. The van der Waals surface area contributed by atoms with Crippen LogP contribution in [-0.2, 0) is 9.59 Å². The SMILES string of the molecule is CN1CCC(C)(CNC(=O)NC(=O)CCC(=O)O)CC1. The molecule has 0 saturated carbocycles. The number of aliphatic carboxylic acids is 1. The number of hydrogen-bond acceptors (Lipinski definition) is 4. The number of nitrogens with zero attached hydrogens (tertiary/aromatic N) is 1. The van der Waals surface area contributed by atoms with E-state index >= 15 is 0 Å². The van der Waals surface area contributed by atoms with Gasteiger partial charge in [0.25, 0.3) is 0 Å². The smallest absolute Gasteiger partial charge is 0.321 e. The molecule has 1 heterocycles. The molecule has 1 saturated heterocycles. The summed E-state index contributed by atoms with van der Waals surface area (Å²) in [4.78, 5) is 35.4. The summed E-state index contributed by atoms with van der Waals surface area (Å²) in [5.41, 5.74) is 0.0496. The molecule has 0 radical (unpaired) electrons. The van der Waals surface area contributed by atoms with Crippen LogP contribution in [0.5, 0.6) is 0 Å². The number of hydrogen-bond donors (Lipinski definition) is 3. The van der Waals surface area contributed by atoms with Gasteiger partial charge in [-0.3, -0.25) is 14.9 Å². The van der Waals surface area contributed by atoms with E-state index in [4.69, 9.17) is 5.11 Å². The first kappa shape index (κ1) is 16.4. The van der Waals surface area contributed by atoms with Gasteiger partial charge in [0.1, 0.15) is 0 Å². The molecule has 0 aromatic rings. The minimum absolute atomic E-state index is 0.0496. The molecule has 0 spiro atoms. The van der Waals surface area contributed by atoms with Gasteiger partial charge in [-0.25, -0.2) is 4.79 Å². The van der Waals surface area contributed by atoms with Crippen molar-refractivity contribution in [2.24, 2.45) is 5.41 Å². The van der Waals surface area contributed by atoms with E-state index < -0.39 is 17.9 Å². The predicted octanol–water partition coefficient (Wildman–Crippen LogP) is 0.409. The molecule has 0 aliphatic carbocycles. The summed E-state index contributed by atoms with van der Waals surface area (Å²) in [6, 6.07) is -0.555. The molecule has 1 fully saturated rings. The molecule has 3 N–H and O–H groups in total. The molecule has 0 bridgehead atoms. The second kappa shape index (κ2) is 7.23. The molecule has 3 amide bonds.